The highest BCUT2D eigenvalue weighted by Crippen LogP contribution is 2.21. The van der Waals surface area contributed by atoms with Crippen molar-refractivity contribution in [2.24, 2.45) is 13.0 Å². The lowest BCUT2D eigenvalue weighted by molar-refractivity contribution is -0.679. The third-order valence-corrected chi connectivity index (χ3v) is 8.14. The van der Waals surface area contributed by atoms with E-state index in [9.17, 15) is 9.59 Å². The molecular weight excluding hydrogens is 643 g/mol. The molecule has 0 N–H and O–H groups in total. The molecule has 1 aliphatic rings. The van der Waals surface area contributed by atoms with Crippen molar-refractivity contribution in [3.8, 4) is 0 Å². The summed E-state index contributed by atoms with van der Waals surface area (Å²) in [6.45, 7) is 6.10. The number of carbonyl (C=O) groups excluding carboxylic acids is 2. The first-order chi connectivity index (χ1) is 20.0. The van der Waals surface area contributed by atoms with Crippen LogP contribution in [0.4, 0.5) is 4.79 Å². The van der Waals surface area contributed by atoms with Crippen LogP contribution in [0.1, 0.15) is 129 Å². The maximum absolute atomic E-state index is 12.6. The maximum atomic E-state index is 12.6. The standard InChI is InChI=1S/C34H59N2O5.HI/c1-4-5-6-7-8-9-10-11-12-13-14-15-16-17-18-21-24-39-27-31-25-33(40-28-31)29-41-34(38)36(30(2)37)26-32-22-19-20-23-35(32)3;/h19-20,22-23,31,33H,4-18,21,24-29H2,1-3H3;1H/q+1;/p-1/t31-,33-;/m1./s1. The molecule has 1 saturated heterocycles. The van der Waals surface area contributed by atoms with Crippen LogP contribution in [0, 0.1) is 5.92 Å². The Morgan fingerprint density at radius 3 is 2.00 bits per heavy atom. The Balaban J connectivity index is 0.00000882. The Kier molecular flexibility index (Phi) is 23.2. The van der Waals surface area contributed by atoms with Gasteiger partial charge in [0.05, 0.1) is 19.3 Å². The minimum Gasteiger partial charge on any atom is -1.00 e. The van der Waals surface area contributed by atoms with Crippen molar-refractivity contribution in [2.45, 2.75) is 136 Å². The summed E-state index contributed by atoms with van der Waals surface area (Å²) >= 11 is 0. The van der Waals surface area contributed by atoms with Crippen molar-refractivity contribution in [1.82, 2.24) is 4.90 Å². The van der Waals surface area contributed by atoms with E-state index in [2.05, 4.69) is 6.92 Å². The van der Waals surface area contributed by atoms with E-state index in [1.54, 1.807) is 0 Å². The molecular formula is C34H59IN2O5. The lowest BCUT2D eigenvalue weighted by Crippen LogP contribution is -3.00. The summed E-state index contributed by atoms with van der Waals surface area (Å²) in [6, 6.07) is 5.67. The number of carbonyl (C=O) groups is 2. The van der Waals surface area contributed by atoms with Crippen LogP contribution in [-0.2, 0) is 32.6 Å². The summed E-state index contributed by atoms with van der Waals surface area (Å²) in [5.74, 6) is -0.0152. The quantitative estimate of drug-likeness (QED) is 0.0942. The molecule has 0 bridgehead atoms. The molecule has 42 heavy (non-hydrogen) atoms. The number of imide groups is 1. The highest BCUT2D eigenvalue weighted by molar-refractivity contribution is 5.90. The molecule has 0 spiro atoms. The van der Waals surface area contributed by atoms with E-state index in [1.165, 1.54) is 103 Å². The summed E-state index contributed by atoms with van der Waals surface area (Å²) in [5.41, 5.74) is 0.846. The normalized spacial score (nSPS) is 16.3. The monoisotopic (exact) mass is 702 g/mol. The number of pyridine rings is 1. The summed E-state index contributed by atoms with van der Waals surface area (Å²) in [4.78, 5) is 25.8. The van der Waals surface area contributed by atoms with E-state index in [-0.39, 0.29) is 49.1 Å². The number of aromatic nitrogens is 1. The minimum absolute atomic E-state index is 0. The summed E-state index contributed by atoms with van der Waals surface area (Å²) < 4.78 is 19.1. The summed E-state index contributed by atoms with van der Waals surface area (Å²) in [7, 11) is 1.88. The van der Waals surface area contributed by atoms with Gasteiger partial charge in [-0.1, -0.05) is 109 Å². The van der Waals surface area contributed by atoms with Crippen LogP contribution in [-0.4, -0.2) is 49.4 Å². The van der Waals surface area contributed by atoms with E-state index in [0.717, 1.165) is 30.0 Å². The van der Waals surface area contributed by atoms with E-state index in [0.29, 0.717) is 19.1 Å². The van der Waals surface area contributed by atoms with Crippen LogP contribution >= 0.6 is 0 Å². The lowest BCUT2D eigenvalue weighted by Gasteiger charge is -2.19. The van der Waals surface area contributed by atoms with Gasteiger partial charge in [-0.05, 0) is 12.8 Å². The van der Waals surface area contributed by atoms with Crippen molar-refractivity contribution >= 4 is 12.0 Å². The van der Waals surface area contributed by atoms with Crippen molar-refractivity contribution in [3.05, 3.63) is 30.1 Å². The zero-order valence-corrected chi connectivity index (χ0v) is 29.0. The van der Waals surface area contributed by atoms with Gasteiger partial charge in [-0.2, -0.15) is 0 Å². The maximum Gasteiger partial charge on any atom is 0.417 e. The molecule has 242 valence electrons. The molecule has 2 atom stereocenters. The number of rotatable bonds is 23. The molecule has 1 fully saturated rings. The molecule has 2 heterocycles. The fourth-order valence-corrected chi connectivity index (χ4v) is 5.45. The Labute approximate surface area is 273 Å². The second-order valence-electron chi connectivity index (χ2n) is 11.9. The summed E-state index contributed by atoms with van der Waals surface area (Å²) in [6.07, 6.45) is 23.9. The Hall–Kier alpha value is -1.26. The van der Waals surface area contributed by atoms with Gasteiger partial charge >= 0.3 is 6.09 Å². The minimum atomic E-state index is -0.631. The van der Waals surface area contributed by atoms with Crippen LogP contribution < -0.4 is 28.5 Å². The van der Waals surface area contributed by atoms with Crippen molar-refractivity contribution < 1.29 is 52.3 Å². The molecule has 0 unspecified atom stereocenters. The predicted molar refractivity (Wildman–Crippen MR) is 163 cm³/mol. The molecule has 0 aromatic carbocycles. The molecule has 0 aliphatic carbocycles. The Morgan fingerprint density at radius 1 is 0.881 bits per heavy atom. The van der Waals surface area contributed by atoms with Gasteiger partial charge in [0.25, 0.3) is 0 Å². The Morgan fingerprint density at radius 2 is 1.45 bits per heavy atom. The number of ether oxygens (including phenoxy) is 3. The van der Waals surface area contributed by atoms with E-state index >= 15 is 0 Å². The average molecular weight is 703 g/mol. The van der Waals surface area contributed by atoms with Crippen LogP contribution in [0.15, 0.2) is 24.4 Å². The van der Waals surface area contributed by atoms with E-state index in [4.69, 9.17) is 14.2 Å². The van der Waals surface area contributed by atoms with Crippen LogP contribution in [0.5, 0.6) is 0 Å². The molecule has 1 aromatic rings. The average Bonchev–Trinajstić information content (AvgIpc) is 3.42. The highest BCUT2D eigenvalue weighted by atomic mass is 127. The van der Waals surface area contributed by atoms with Gasteiger partial charge < -0.3 is 38.2 Å². The highest BCUT2D eigenvalue weighted by Gasteiger charge is 2.29. The first-order valence-electron chi connectivity index (χ1n) is 16.6. The second-order valence-corrected chi connectivity index (χ2v) is 11.9. The number of aryl methyl sites for hydroxylation is 1. The lowest BCUT2D eigenvalue weighted by atomic mass is 10.0. The van der Waals surface area contributed by atoms with Gasteiger partial charge in [0.1, 0.15) is 20.2 Å². The Bertz CT molecular complexity index is 840. The zero-order valence-electron chi connectivity index (χ0n) is 26.8. The van der Waals surface area contributed by atoms with Gasteiger partial charge in [-0.3, -0.25) is 4.79 Å². The number of hydrogen-bond donors (Lipinski definition) is 0. The van der Waals surface area contributed by atoms with Gasteiger partial charge in [0, 0.05) is 31.6 Å². The third-order valence-electron chi connectivity index (χ3n) is 8.14. The SMILES string of the molecule is CCCCCCCCCCCCCCCCCCOC[C@@H]1CO[C@@H](COC(=O)N(Cc2cccc[n+]2C)C(C)=O)C1.[I-]. The van der Waals surface area contributed by atoms with Crippen molar-refractivity contribution in [3.63, 3.8) is 0 Å². The smallest absolute Gasteiger partial charge is 0.417 e. The second kappa shape index (κ2) is 25.1. The van der Waals surface area contributed by atoms with Crippen molar-refractivity contribution in [1.29, 1.82) is 0 Å². The van der Waals surface area contributed by atoms with Gasteiger partial charge in [0.15, 0.2) is 6.20 Å². The topological polar surface area (TPSA) is 69.0 Å². The fourth-order valence-electron chi connectivity index (χ4n) is 5.45. The first kappa shape index (κ1) is 38.8. The molecule has 0 radical (unpaired) electrons. The third kappa shape index (κ3) is 17.8. The number of halogens is 1. The zero-order chi connectivity index (χ0) is 29.5. The number of amides is 2. The van der Waals surface area contributed by atoms with Gasteiger partial charge in [-0.25, -0.2) is 14.3 Å². The van der Waals surface area contributed by atoms with E-state index < -0.39 is 6.09 Å². The van der Waals surface area contributed by atoms with Crippen LogP contribution in [0.3, 0.4) is 0 Å². The number of nitrogens with zero attached hydrogens (tertiary/aromatic N) is 2. The predicted octanol–water partition coefficient (Wildman–Crippen LogP) is 4.68. The van der Waals surface area contributed by atoms with Gasteiger partial charge in [-0.15, -0.1) is 0 Å². The largest absolute Gasteiger partial charge is 1.00 e. The van der Waals surface area contributed by atoms with Crippen LogP contribution in [0.2, 0.25) is 0 Å². The van der Waals surface area contributed by atoms with Crippen molar-refractivity contribution in [2.75, 3.05) is 26.4 Å². The molecule has 8 heteroatoms. The summed E-state index contributed by atoms with van der Waals surface area (Å²) in [5, 5.41) is 0. The van der Waals surface area contributed by atoms with E-state index in [1.807, 2.05) is 36.0 Å². The molecule has 2 amide bonds. The van der Waals surface area contributed by atoms with Gasteiger partial charge in [0.2, 0.25) is 11.6 Å². The number of hydrogen-bond acceptors (Lipinski definition) is 5. The van der Waals surface area contributed by atoms with Crippen LogP contribution in [0.25, 0.3) is 0 Å². The first-order valence-corrected chi connectivity index (χ1v) is 16.6. The molecule has 1 aliphatic heterocycles. The molecule has 1 aromatic heterocycles. The number of unbranched alkanes of at least 4 members (excludes halogenated alkanes) is 15. The molecule has 2 rings (SSSR count). The molecule has 0 saturated carbocycles. The fraction of sp³-hybridized carbons (Fsp3) is 0.794. The molecule has 7 nitrogen and oxygen atoms in total.